The summed E-state index contributed by atoms with van der Waals surface area (Å²) in [6, 6.07) is 12.6. The lowest BCUT2D eigenvalue weighted by molar-refractivity contribution is -0.167. The van der Waals surface area contributed by atoms with Crippen molar-refractivity contribution in [3.8, 4) is 0 Å². The second-order valence-corrected chi connectivity index (χ2v) is 5.87. The van der Waals surface area contributed by atoms with Crippen LogP contribution in [0.1, 0.15) is 17.4 Å². The van der Waals surface area contributed by atoms with Crippen molar-refractivity contribution in [2.24, 2.45) is 0 Å². The van der Waals surface area contributed by atoms with Crippen LogP contribution in [0.25, 0.3) is 0 Å². The van der Waals surface area contributed by atoms with Crippen LogP contribution in [0.2, 0.25) is 0 Å². The van der Waals surface area contributed by atoms with Gasteiger partial charge in [0.25, 0.3) is 5.91 Å². The van der Waals surface area contributed by atoms with Crippen molar-refractivity contribution < 1.29 is 18.7 Å². The van der Waals surface area contributed by atoms with Gasteiger partial charge in [0, 0.05) is 14.1 Å². The number of ether oxygens (including phenoxy) is 1. The summed E-state index contributed by atoms with van der Waals surface area (Å²) in [4.78, 5) is 28.1. The molecule has 2 unspecified atom stereocenters. The van der Waals surface area contributed by atoms with Crippen molar-refractivity contribution >= 4 is 11.8 Å². The second-order valence-electron chi connectivity index (χ2n) is 5.87. The lowest BCUT2D eigenvalue weighted by Gasteiger charge is -2.39. The highest BCUT2D eigenvalue weighted by atomic mass is 16.5. The quantitative estimate of drug-likeness (QED) is 0.859. The van der Waals surface area contributed by atoms with Gasteiger partial charge in [-0.05, 0) is 17.7 Å². The Bertz CT molecular complexity index is 699. The van der Waals surface area contributed by atoms with Crippen molar-refractivity contribution in [1.82, 2.24) is 9.80 Å². The van der Waals surface area contributed by atoms with Crippen molar-refractivity contribution in [2.45, 2.75) is 18.7 Å². The molecule has 1 saturated heterocycles. The Morgan fingerprint density at radius 2 is 2.00 bits per heavy atom. The first-order chi connectivity index (χ1) is 11.6. The molecule has 0 spiro atoms. The SMILES string of the molecule is CN(Cc1ccco1)C(=O)C1OCC(=O)N(C)C1c1ccccc1. The molecule has 1 aliphatic rings. The van der Waals surface area contributed by atoms with Gasteiger partial charge < -0.3 is 19.0 Å². The van der Waals surface area contributed by atoms with Crippen LogP contribution >= 0.6 is 0 Å². The summed E-state index contributed by atoms with van der Waals surface area (Å²) in [7, 11) is 3.40. The fourth-order valence-corrected chi connectivity index (χ4v) is 2.90. The average molecular weight is 328 g/mol. The minimum Gasteiger partial charge on any atom is -0.467 e. The standard InChI is InChI=1S/C18H20N2O4/c1-19(11-14-9-6-10-23-14)18(22)17-16(13-7-4-3-5-8-13)20(2)15(21)12-24-17/h3-10,16-17H,11-12H2,1-2H3. The van der Waals surface area contributed by atoms with Crippen LogP contribution in [0.5, 0.6) is 0 Å². The highest BCUT2D eigenvalue weighted by molar-refractivity contribution is 5.86. The minimum atomic E-state index is -0.741. The molecule has 1 aliphatic heterocycles. The Kier molecular flexibility index (Phi) is 4.66. The smallest absolute Gasteiger partial charge is 0.254 e. The molecule has 1 aromatic carbocycles. The third kappa shape index (κ3) is 3.19. The number of likely N-dealkylation sites (N-methyl/N-ethyl adjacent to an activating group) is 2. The van der Waals surface area contributed by atoms with Gasteiger partial charge in [-0.25, -0.2) is 0 Å². The number of carbonyl (C=O) groups is 2. The average Bonchev–Trinajstić information content (AvgIpc) is 3.10. The predicted molar refractivity (Wildman–Crippen MR) is 86.9 cm³/mol. The molecule has 1 aromatic heterocycles. The highest BCUT2D eigenvalue weighted by Gasteiger charge is 2.41. The van der Waals surface area contributed by atoms with Crippen molar-refractivity contribution in [3.05, 3.63) is 60.1 Å². The summed E-state index contributed by atoms with van der Waals surface area (Å²) >= 11 is 0. The van der Waals surface area contributed by atoms with Crippen molar-refractivity contribution in [2.75, 3.05) is 20.7 Å². The van der Waals surface area contributed by atoms with Gasteiger partial charge >= 0.3 is 0 Å². The lowest BCUT2D eigenvalue weighted by atomic mass is 9.97. The molecule has 1 fully saturated rings. The zero-order chi connectivity index (χ0) is 17.1. The molecule has 2 aromatic rings. The predicted octanol–water partition coefficient (Wildman–Crippen LogP) is 1.84. The summed E-state index contributed by atoms with van der Waals surface area (Å²) in [5, 5.41) is 0. The Balaban J connectivity index is 1.83. The fourth-order valence-electron chi connectivity index (χ4n) is 2.90. The van der Waals surface area contributed by atoms with E-state index in [9.17, 15) is 9.59 Å². The number of carbonyl (C=O) groups excluding carboxylic acids is 2. The number of furan rings is 1. The van der Waals surface area contributed by atoms with E-state index in [1.54, 1.807) is 36.2 Å². The first-order valence-electron chi connectivity index (χ1n) is 7.77. The van der Waals surface area contributed by atoms with E-state index in [0.29, 0.717) is 12.3 Å². The molecular weight excluding hydrogens is 308 g/mol. The van der Waals surface area contributed by atoms with Gasteiger partial charge in [-0.3, -0.25) is 9.59 Å². The number of amides is 2. The first-order valence-corrected chi connectivity index (χ1v) is 7.77. The monoisotopic (exact) mass is 328 g/mol. The highest BCUT2D eigenvalue weighted by Crippen LogP contribution is 2.30. The maximum Gasteiger partial charge on any atom is 0.254 e. The fraction of sp³-hybridized carbons (Fsp3) is 0.333. The number of nitrogens with zero attached hydrogens (tertiary/aromatic N) is 2. The molecule has 0 N–H and O–H groups in total. The van der Waals surface area contributed by atoms with Gasteiger partial charge in [0.2, 0.25) is 5.91 Å². The van der Waals surface area contributed by atoms with Gasteiger partial charge in [0.1, 0.15) is 12.4 Å². The summed E-state index contributed by atoms with van der Waals surface area (Å²) < 4.78 is 10.9. The molecule has 2 atom stereocenters. The number of hydrogen-bond donors (Lipinski definition) is 0. The maximum atomic E-state index is 12.9. The number of morpholine rings is 1. The zero-order valence-corrected chi connectivity index (χ0v) is 13.7. The van der Waals surface area contributed by atoms with E-state index >= 15 is 0 Å². The zero-order valence-electron chi connectivity index (χ0n) is 13.7. The summed E-state index contributed by atoms with van der Waals surface area (Å²) in [6.45, 7) is 0.260. The van der Waals surface area contributed by atoms with Crippen LogP contribution in [-0.2, 0) is 20.9 Å². The molecule has 2 heterocycles. The Labute approximate surface area is 140 Å². The van der Waals surface area contributed by atoms with Gasteiger partial charge in [0.15, 0.2) is 6.10 Å². The van der Waals surface area contributed by atoms with Gasteiger partial charge in [-0.1, -0.05) is 30.3 Å². The maximum absolute atomic E-state index is 12.9. The van der Waals surface area contributed by atoms with E-state index in [1.807, 2.05) is 36.4 Å². The third-order valence-electron chi connectivity index (χ3n) is 4.22. The summed E-state index contributed by atoms with van der Waals surface area (Å²) in [5.74, 6) is 0.378. The van der Waals surface area contributed by atoms with E-state index in [4.69, 9.17) is 9.15 Å². The van der Waals surface area contributed by atoms with Crippen LogP contribution in [0.3, 0.4) is 0 Å². The molecule has 6 heteroatoms. The van der Waals surface area contributed by atoms with Crippen molar-refractivity contribution in [3.63, 3.8) is 0 Å². The summed E-state index contributed by atoms with van der Waals surface area (Å²) in [6.07, 6.45) is 0.833. The lowest BCUT2D eigenvalue weighted by Crippen LogP contribution is -2.53. The molecule has 3 rings (SSSR count). The molecule has 2 amide bonds. The third-order valence-corrected chi connectivity index (χ3v) is 4.22. The summed E-state index contributed by atoms with van der Waals surface area (Å²) in [5.41, 5.74) is 0.873. The molecule has 6 nitrogen and oxygen atoms in total. The van der Waals surface area contributed by atoms with E-state index in [0.717, 1.165) is 5.56 Å². The number of benzene rings is 1. The molecule has 0 saturated carbocycles. The second kappa shape index (κ2) is 6.88. The number of hydrogen-bond acceptors (Lipinski definition) is 4. The molecule has 0 bridgehead atoms. The number of rotatable bonds is 4. The van der Waals surface area contributed by atoms with Crippen LogP contribution in [0.4, 0.5) is 0 Å². The normalized spacial score (nSPS) is 20.9. The Hall–Kier alpha value is -2.60. The van der Waals surface area contributed by atoms with Crippen LogP contribution in [0, 0.1) is 0 Å². The molecule has 126 valence electrons. The van der Waals surface area contributed by atoms with Crippen LogP contribution < -0.4 is 0 Å². The van der Waals surface area contributed by atoms with E-state index in [-0.39, 0.29) is 18.4 Å². The molecular formula is C18H20N2O4. The molecule has 0 aliphatic carbocycles. The Morgan fingerprint density at radius 3 is 2.67 bits per heavy atom. The largest absolute Gasteiger partial charge is 0.467 e. The first kappa shape index (κ1) is 16.3. The van der Waals surface area contributed by atoms with Crippen LogP contribution in [0.15, 0.2) is 53.1 Å². The van der Waals surface area contributed by atoms with Crippen LogP contribution in [-0.4, -0.2) is 48.4 Å². The minimum absolute atomic E-state index is 0.0924. The van der Waals surface area contributed by atoms with E-state index in [2.05, 4.69) is 0 Å². The van der Waals surface area contributed by atoms with Gasteiger partial charge in [-0.2, -0.15) is 0 Å². The van der Waals surface area contributed by atoms with Crippen molar-refractivity contribution in [1.29, 1.82) is 0 Å². The Morgan fingerprint density at radius 1 is 1.25 bits per heavy atom. The van der Waals surface area contributed by atoms with E-state index < -0.39 is 12.1 Å². The van der Waals surface area contributed by atoms with Gasteiger partial charge in [0.05, 0.1) is 18.8 Å². The van der Waals surface area contributed by atoms with E-state index in [1.165, 1.54) is 0 Å². The molecule has 24 heavy (non-hydrogen) atoms. The van der Waals surface area contributed by atoms with Gasteiger partial charge in [-0.15, -0.1) is 0 Å². The topological polar surface area (TPSA) is 63.0 Å². The molecule has 0 radical (unpaired) electrons.